The summed E-state index contributed by atoms with van der Waals surface area (Å²) in [4.78, 5) is 0. The van der Waals surface area contributed by atoms with Crippen molar-refractivity contribution in [3.05, 3.63) is 0 Å². The molecule has 0 spiro atoms. The molecule has 4 saturated carbocycles. The molecule has 0 aromatic rings. The molecule has 4 rings (SSSR count). The molecule has 8 atom stereocenters. The lowest BCUT2D eigenvalue weighted by Crippen LogP contribution is -2.52. The van der Waals surface area contributed by atoms with Gasteiger partial charge < -0.3 is 10.2 Å². The van der Waals surface area contributed by atoms with Crippen LogP contribution in [-0.2, 0) is 0 Å². The summed E-state index contributed by atoms with van der Waals surface area (Å²) >= 11 is 0. The monoisotopic (exact) mass is 278 g/mol. The minimum absolute atomic E-state index is 0.394. The molecule has 20 heavy (non-hydrogen) atoms. The molecule has 0 saturated heterocycles. The normalized spacial score (nSPS) is 58.6. The first-order chi connectivity index (χ1) is 9.60. The van der Waals surface area contributed by atoms with E-state index >= 15 is 0 Å². The standard InChI is InChI=1S/C18H30O2/c1-18-9-2-3-15(18)13-4-5-14-11(12(13)8-10-18)6-7-16(19)17(14)20/h11-17,19-20H,2-10H2,1H3/t11-,12-,13-,14+,15+,16-,17?,18+/m1/s1. The zero-order valence-electron chi connectivity index (χ0n) is 12.8. The van der Waals surface area contributed by atoms with Gasteiger partial charge in [-0.15, -0.1) is 0 Å². The molecule has 2 N–H and O–H groups in total. The fourth-order valence-electron chi connectivity index (χ4n) is 6.84. The second-order valence-corrected chi connectivity index (χ2v) is 8.56. The highest BCUT2D eigenvalue weighted by molar-refractivity contribution is 5.04. The molecule has 4 aliphatic carbocycles. The Hall–Kier alpha value is -0.0800. The van der Waals surface area contributed by atoms with Crippen LogP contribution in [0.2, 0.25) is 0 Å². The third kappa shape index (κ3) is 1.83. The summed E-state index contributed by atoms with van der Waals surface area (Å²) in [6.45, 7) is 2.55. The smallest absolute Gasteiger partial charge is 0.0829 e. The molecule has 0 aromatic heterocycles. The Morgan fingerprint density at radius 1 is 0.750 bits per heavy atom. The zero-order chi connectivity index (χ0) is 13.9. The van der Waals surface area contributed by atoms with Crippen molar-refractivity contribution in [2.45, 2.75) is 76.9 Å². The van der Waals surface area contributed by atoms with Crippen LogP contribution in [0.25, 0.3) is 0 Å². The van der Waals surface area contributed by atoms with Gasteiger partial charge in [-0.05, 0) is 86.4 Å². The second-order valence-electron chi connectivity index (χ2n) is 8.56. The summed E-state index contributed by atoms with van der Waals surface area (Å²) < 4.78 is 0. The molecule has 0 amide bonds. The van der Waals surface area contributed by atoms with E-state index in [0.29, 0.717) is 17.3 Å². The van der Waals surface area contributed by atoms with Crippen molar-refractivity contribution in [1.82, 2.24) is 0 Å². The van der Waals surface area contributed by atoms with Gasteiger partial charge in [0.25, 0.3) is 0 Å². The molecule has 114 valence electrons. The highest BCUT2D eigenvalue weighted by atomic mass is 16.3. The van der Waals surface area contributed by atoms with E-state index in [1.54, 1.807) is 0 Å². The summed E-state index contributed by atoms with van der Waals surface area (Å²) in [6, 6.07) is 0. The molecule has 0 aliphatic heterocycles. The summed E-state index contributed by atoms with van der Waals surface area (Å²) in [6.07, 6.45) is 10.7. The third-order valence-electron chi connectivity index (χ3n) is 7.84. The van der Waals surface area contributed by atoms with Gasteiger partial charge in [0.2, 0.25) is 0 Å². The number of fused-ring (bicyclic) bond motifs is 5. The highest BCUT2D eigenvalue weighted by Crippen LogP contribution is 2.62. The van der Waals surface area contributed by atoms with Crippen molar-refractivity contribution < 1.29 is 10.2 Å². The first-order valence-corrected chi connectivity index (χ1v) is 8.96. The van der Waals surface area contributed by atoms with Crippen LogP contribution < -0.4 is 0 Å². The summed E-state index contributed by atoms with van der Waals surface area (Å²) in [5.41, 5.74) is 0.640. The van der Waals surface area contributed by atoms with Gasteiger partial charge in [0.1, 0.15) is 0 Å². The van der Waals surface area contributed by atoms with Crippen LogP contribution in [-0.4, -0.2) is 22.4 Å². The van der Waals surface area contributed by atoms with Gasteiger partial charge in [-0.3, -0.25) is 0 Å². The molecular formula is C18H30O2. The van der Waals surface area contributed by atoms with Crippen LogP contribution in [0.5, 0.6) is 0 Å². The van der Waals surface area contributed by atoms with Crippen LogP contribution in [0, 0.1) is 35.0 Å². The van der Waals surface area contributed by atoms with Crippen molar-refractivity contribution in [3.8, 4) is 0 Å². The van der Waals surface area contributed by atoms with Gasteiger partial charge >= 0.3 is 0 Å². The Morgan fingerprint density at radius 3 is 2.30 bits per heavy atom. The first kappa shape index (κ1) is 13.6. The van der Waals surface area contributed by atoms with Gasteiger partial charge in [-0.1, -0.05) is 13.3 Å². The maximum absolute atomic E-state index is 10.4. The predicted octanol–water partition coefficient (Wildman–Crippen LogP) is 3.36. The van der Waals surface area contributed by atoms with Gasteiger partial charge in [0.05, 0.1) is 12.2 Å². The van der Waals surface area contributed by atoms with E-state index in [9.17, 15) is 10.2 Å². The Morgan fingerprint density at radius 2 is 1.45 bits per heavy atom. The molecule has 4 aliphatic rings. The van der Waals surface area contributed by atoms with Crippen LogP contribution >= 0.6 is 0 Å². The molecule has 0 radical (unpaired) electrons. The van der Waals surface area contributed by atoms with E-state index in [0.717, 1.165) is 37.0 Å². The number of aliphatic hydroxyl groups excluding tert-OH is 2. The molecule has 0 bridgehead atoms. The lowest BCUT2D eigenvalue weighted by atomic mass is 9.50. The Balaban J connectivity index is 1.58. The average Bonchev–Trinajstić information content (AvgIpc) is 2.84. The van der Waals surface area contributed by atoms with Crippen molar-refractivity contribution in [2.24, 2.45) is 35.0 Å². The molecule has 0 heterocycles. The summed E-state index contributed by atoms with van der Waals surface area (Å²) in [7, 11) is 0. The Labute approximate surface area is 123 Å². The minimum Gasteiger partial charge on any atom is -0.390 e. The molecule has 1 unspecified atom stereocenters. The Kier molecular flexibility index (Phi) is 3.20. The van der Waals surface area contributed by atoms with Crippen LogP contribution in [0.15, 0.2) is 0 Å². The fraction of sp³-hybridized carbons (Fsp3) is 1.00. The largest absolute Gasteiger partial charge is 0.390 e. The summed E-state index contributed by atoms with van der Waals surface area (Å²) in [5.74, 6) is 3.85. The second kappa shape index (κ2) is 4.71. The third-order valence-corrected chi connectivity index (χ3v) is 7.84. The van der Waals surface area contributed by atoms with Crippen molar-refractivity contribution >= 4 is 0 Å². The maximum Gasteiger partial charge on any atom is 0.0829 e. The van der Waals surface area contributed by atoms with Gasteiger partial charge in [-0.25, -0.2) is 0 Å². The van der Waals surface area contributed by atoms with Crippen LogP contribution in [0.3, 0.4) is 0 Å². The number of hydrogen-bond donors (Lipinski definition) is 2. The topological polar surface area (TPSA) is 40.5 Å². The van der Waals surface area contributed by atoms with E-state index in [-0.39, 0.29) is 0 Å². The van der Waals surface area contributed by atoms with Crippen molar-refractivity contribution in [1.29, 1.82) is 0 Å². The number of hydrogen-bond acceptors (Lipinski definition) is 2. The maximum atomic E-state index is 10.4. The van der Waals surface area contributed by atoms with E-state index in [4.69, 9.17) is 0 Å². The van der Waals surface area contributed by atoms with Crippen molar-refractivity contribution in [2.75, 3.05) is 0 Å². The number of rotatable bonds is 0. The van der Waals surface area contributed by atoms with Gasteiger partial charge in [0.15, 0.2) is 0 Å². The molecule has 0 aromatic carbocycles. The average molecular weight is 278 g/mol. The quantitative estimate of drug-likeness (QED) is 0.713. The summed E-state index contributed by atoms with van der Waals surface area (Å²) in [5, 5.41) is 20.3. The molecular weight excluding hydrogens is 248 g/mol. The van der Waals surface area contributed by atoms with Crippen molar-refractivity contribution in [3.63, 3.8) is 0 Å². The van der Waals surface area contributed by atoms with Gasteiger partial charge in [-0.2, -0.15) is 0 Å². The van der Waals surface area contributed by atoms with E-state index < -0.39 is 12.2 Å². The van der Waals surface area contributed by atoms with E-state index in [1.807, 2.05) is 0 Å². The molecule has 4 fully saturated rings. The van der Waals surface area contributed by atoms with E-state index in [1.165, 1.54) is 38.5 Å². The lowest BCUT2D eigenvalue weighted by molar-refractivity contribution is -0.127. The molecule has 2 nitrogen and oxygen atoms in total. The first-order valence-electron chi connectivity index (χ1n) is 8.96. The Bertz CT molecular complexity index is 382. The fourth-order valence-corrected chi connectivity index (χ4v) is 6.84. The zero-order valence-corrected chi connectivity index (χ0v) is 12.8. The number of aliphatic hydroxyl groups is 2. The van der Waals surface area contributed by atoms with Crippen LogP contribution in [0.1, 0.15) is 64.7 Å². The predicted molar refractivity (Wildman–Crippen MR) is 79.1 cm³/mol. The van der Waals surface area contributed by atoms with E-state index in [2.05, 4.69) is 6.92 Å². The highest BCUT2D eigenvalue weighted by Gasteiger charge is 2.54. The SMILES string of the molecule is C[C@@]12CCC[C@H]1[C@@H]1CC[C@@H]3C(O)[C@H](O)CC[C@@H]3[C@H]1CC2. The minimum atomic E-state index is -0.451. The lowest BCUT2D eigenvalue weighted by Gasteiger charge is -2.56. The van der Waals surface area contributed by atoms with Gasteiger partial charge in [0, 0.05) is 0 Å². The van der Waals surface area contributed by atoms with Crippen LogP contribution in [0.4, 0.5) is 0 Å². The molecule has 2 heteroatoms.